The predicted octanol–water partition coefficient (Wildman–Crippen LogP) is 1.14. The normalized spacial score (nSPS) is 10.3. The van der Waals surface area contributed by atoms with Crippen LogP contribution in [0.15, 0.2) is 24.3 Å². The van der Waals surface area contributed by atoms with E-state index < -0.39 is 18.0 Å². The van der Waals surface area contributed by atoms with Gasteiger partial charge in [-0.3, -0.25) is 14.4 Å². The number of methoxy groups -OCH3 is 1. The smallest absolute Gasteiger partial charge is 0.202 e. The van der Waals surface area contributed by atoms with E-state index in [-0.39, 0.29) is 12.0 Å². The Morgan fingerprint density at radius 1 is 1.33 bits per heavy atom. The Balaban J connectivity index is 2.75. The topological polar surface area (TPSA) is 80.7 Å². The quantitative estimate of drug-likeness (QED) is 0.353. The first kappa shape index (κ1) is 13.6. The molecule has 18 heavy (non-hydrogen) atoms. The second-order valence-electron chi connectivity index (χ2n) is 3.49. The number of phenols is 1. The fraction of sp³-hybridized carbons (Fsp3) is 0.154. The number of hydrogen-bond donors (Lipinski definition) is 1. The summed E-state index contributed by atoms with van der Waals surface area (Å²) in [5.41, 5.74) is 0.419. The van der Waals surface area contributed by atoms with Crippen LogP contribution in [0.5, 0.6) is 11.5 Å². The summed E-state index contributed by atoms with van der Waals surface area (Å²) >= 11 is 0. The van der Waals surface area contributed by atoms with Gasteiger partial charge in [0.05, 0.1) is 13.5 Å². The highest BCUT2D eigenvalue weighted by atomic mass is 16.5. The lowest BCUT2D eigenvalue weighted by Crippen LogP contribution is -2.05. The first-order chi connectivity index (χ1) is 8.56. The number of hydrogen-bond acceptors (Lipinski definition) is 5. The average molecular weight is 248 g/mol. The molecule has 0 unspecified atom stereocenters. The molecule has 0 fully saturated rings. The molecule has 0 atom stereocenters. The van der Waals surface area contributed by atoms with E-state index in [0.29, 0.717) is 11.3 Å². The maximum Gasteiger partial charge on any atom is 0.202 e. The maximum atomic E-state index is 11.2. The lowest BCUT2D eigenvalue weighted by Gasteiger charge is -2.02. The van der Waals surface area contributed by atoms with Crippen molar-refractivity contribution in [3.05, 3.63) is 29.8 Å². The molecule has 0 saturated carbocycles. The molecule has 0 spiro atoms. The largest absolute Gasteiger partial charge is 0.507 e. The van der Waals surface area contributed by atoms with Crippen molar-refractivity contribution in [1.82, 2.24) is 0 Å². The van der Waals surface area contributed by atoms with Gasteiger partial charge in [0.1, 0.15) is 11.5 Å². The van der Waals surface area contributed by atoms with Gasteiger partial charge in [-0.05, 0) is 24.3 Å². The number of ketones is 2. The maximum absolute atomic E-state index is 11.2. The van der Waals surface area contributed by atoms with Crippen molar-refractivity contribution >= 4 is 23.9 Å². The second kappa shape index (κ2) is 6.34. The van der Waals surface area contributed by atoms with E-state index in [1.165, 1.54) is 19.3 Å². The summed E-state index contributed by atoms with van der Waals surface area (Å²) in [6, 6.07) is 4.60. The molecule has 0 saturated heterocycles. The number of aldehydes is 1. The molecule has 1 N–H and O–H groups in total. The molecule has 1 rings (SSSR count). The van der Waals surface area contributed by atoms with Crippen LogP contribution in [-0.2, 0) is 14.4 Å². The average Bonchev–Trinajstić information content (AvgIpc) is 2.36. The van der Waals surface area contributed by atoms with Gasteiger partial charge in [0.2, 0.25) is 5.78 Å². The molecule has 94 valence electrons. The third-order valence-corrected chi connectivity index (χ3v) is 2.17. The Labute approximate surface area is 104 Å². The highest BCUT2D eigenvalue weighted by Gasteiger charge is 2.05. The molecule has 0 radical (unpaired) electrons. The second-order valence-corrected chi connectivity index (χ2v) is 3.49. The molecular weight excluding hydrogens is 236 g/mol. The fourth-order valence-corrected chi connectivity index (χ4v) is 1.25. The standard InChI is InChI=1S/C13H12O5/c1-18-12-5-3-9(13(17)7-12)2-4-10(15)6-11(16)8-14/h2-5,7-8,17H,6H2,1H3/b4-2+. The van der Waals surface area contributed by atoms with E-state index in [1.54, 1.807) is 12.1 Å². The SMILES string of the molecule is COc1ccc(/C=C/C(=O)CC(=O)C=O)c(O)c1. The van der Waals surface area contributed by atoms with E-state index >= 15 is 0 Å². The number of rotatable bonds is 6. The molecule has 5 nitrogen and oxygen atoms in total. The Kier molecular flexibility index (Phi) is 4.80. The summed E-state index contributed by atoms with van der Waals surface area (Å²) in [6.07, 6.45) is 2.16. The van der Waals surface area contributed by atoms with Crippen LogP contribution in [-0.4, -0.2) is 30.1 Å². The van der Waals surface area contributed by atoms with Gasteiger partial charge < -0.3 is 9.84 Å². The zero-order valence-electron chi connectivity index (χ0n) is 9.75. The Morgan fingerprint density at radius 3 is 2.61 bits per heavy atom. The number of Topliss-reactive ketones (excluding diaryl/α,β-unsaturated/α-hetero) is 1. The third kappa shape index (κ3) is 3.86. The number of allylic oxidation sites excluding steroid dienone is 1. The Morgan fingerprint density at radius 2 is 2.06 bits per heavy atom. The summed E-state index contributed by atoms with van der Waals surface area (Å²) in [5.74, 6) is -0.821. The summed E-state index contributed by atoms with van der Waals surface area (Å²) < 4.78 is 4.91. The van der Waals surface area contributed by atoms with Gasteiger partial charge in [-0.25, -0.2) is 0 Å². The highest BCUT2D eigenvalue weighted by molar-refractivity contribution is 6.30. The Bertz CT molecular complexity index is 502. The van der Waals surface area contributed by atoms with Crippen LogP contribution >= 0.6 is 0 Å². The van der Waals surface area contributed by atoms with Gasteiger partial charge in [-0.1, -0.05) is 0 Å². The first-order valence-corrected chi connectivity index (χ1v) is 5.12. The van der Waals surface area contributed by atoms with Crippen LogP contribution in [0.4, 0.5) is 0 Å². The minimum atomic E-state index is -0.774. The fourth-order valence-electron chi connectivity index (χ4n) is 1.25. The minimum absolute atomic E-state index is 0.0416. The van der Waals surface area contributed by atoms with Gasteiger partial charge in [0.25, 0.3) is 0 Å². The van der Waals surface area contributed by atoms with Crippen LogP contribution in [0.3, 0.4) is 0 Å². The molecule has 5 heteroatoms. The van der Waals surface area contributed by atoms with Gasteiger partial charge in [0, 0.05) is 11.6 Å². The van der Waals surface area contributed by atoms with Crippen LogP contribution < -0.4 is 4.74 Å². The van der Waals surface area contributed by atoms with Crippen LogP contribution in [0, 0.1) is 0 Å². The lowest BCUT2D eigenvalue weighted by atomic mass is 10.1. The number of benzene rings is 1. The number of carbonyl (C=O) groups excluding carboxylic acids is 3. The summed E-state index contributed by atoms with van der Waals surface area (Å²) in [4.78, 5) is 32.0. The number of carbonyl (C=O) groups is 3. The number of ether oxygens (including phenoxy) is 1. The number of phenolic OH excluding ortho intramolecular Hbond substituents is 1. The molecular formula is C13H12O5. The molecule has 1 aromatic rings. The molecule has 0 bridgehead atoms. The first-order valence-electron chi connectivity index (χ1n) is 5.12. The van der Waals surface area contributed by atoms with E-state index in [9.17, 15) is 19.5 Å². The third-order valence-electron chi connectivity index (χ3n) is 2.17. The molecule has 0 heterocycles. The molecule has 0 amide bonds. The van der Waals surface area contributed by atoms with E-state index in [2.05, 4.69) is 0 Å². The van der Waals surface area contributed by atoms with Crippen molar-refractivity contribution in [2.75, 3.05) is 7.11 Å². The summed E-state index contributed by atoms with van der Waals surface area (Å²) in [6.45, 7) is 0. The molecule has 0 aliphatic rings. The summed E-state index contributed by atoms with van der Waals surface area (Å²) in [5, 5.41) is 9.60. The highest BCUT2D eigenvalue weighted by Crippen LogP contribution is 2.24. The van der Waals surface area contributed by atoms with E-state index in [4.69, 9.17) is 4.74 Å². The van der Waals surface area contributed by atoms with Gasteiger partial charge in [-0.2, -0.15) is 0 Å². The molecule has 0 aliphatic heterocycles. The minimum Gasteiger partial charge on any atom is -0.507 e. The molecule has 0 aromatic heterocycles. The van der Waals surface area contributed by atoms with Crippen molar-refractivity contribution in [2.24, 2.45) is 0 Å². The lowest BCUT2D eigenvalue weighted by molar-refractivity contribution is -0.132. The number of aromatic hydroxyl groups is 1. The van der Waals surface area contributed by atoms with Gasteiger partial charge >= 0.3 is 0 Å². The van der Waals surface area contributed by atoms with Crippen LogP contribution in [0.2, 0.25) is 0 Å². The van der Waals surface area contributed by atoms with Crippen molar-refractivity contribution < 1.29 is 24.2 Å². The molecule has 0 aliphatic carbocycles. The summed E-state index contributed by atoms with van der Waals surface area (Å²) in [7, 11) is 1.47. The Hall–Kier alpha value is -2.43. The zero-order valence-corrected chi connectivity index (χ0v) is 9.75. The molecule has 1 aromatic carbocycles. The zero-order chi connectivity index (χ0) is 13.5. The van der Waals surface area contributed by atoms with E-state index in [0.717, 1.165) is 6.08 Å². The van der Waals surface area contributed by atoms with Crippen LogP contribution in [0.25, 0.3) is 6.08 Å². The predicted molar refractivity (Wildman–Crippen MR) is 64.4 cm³/mol. The van der Waals surface area contributed by atoms with Crippen molar-refractivity contribution in [1.29, 1.82) is 0 Å². The van der Waals surface area contributed by atoms with E-state index in [1.807, 2.05) is 0 Å². The van der Waals surface area contributed by atoms with Crippen LogP contribution in [0.1, 0.15) is 12.0 Å². The van der Waals surface area contributed by atoms with Gasteiger partial charge in [-0.15, -0.1) is 0 Å². The van der Waals surface area contributed by atoms with Gasteiger partial charge in [0.15, 0.2) is 12.1 Å². The van der Waals surface area contributed by atoms with Crippen molar-refractivity contribution in [3.8, 4) is 11.5 Å². The van der Waals surface area contributed by atoms with Crippen molar-refractivity contribution in [3.63, 3.8) is 0 Å². The monoisotopic (exact) mass is 248 g/mol. The van der Waals surface area contributed by atoms with Crippen molar-refractivity contribution in [2.45, 2.75) is 6.42 Å².